The molecule has 0 saturated carbocycles. The predicted octanol–water partition coefficient (Wildman–Crippen LogP) is 2.38. The summed E-state index contributed by atoms with van der Waals surface area (Å²) in [7, 11) is 0. The van der Waals surface area contributed by atoms with Gasteiger partial charge in [-0.3, -0.25) is 4.79 Å². The van der Waals surface area contributed by atoms with Crippen LogP contribution in [0.4, 0.5) is 4.39 Å². The first-order valence-electron chi connectivity index (χ1n) is 8.29. The fraction of sp³-hybridized carbons (Fsp3) is 0.938. The summed E-state index contributed by atoms with van der Waals surface area (Å²) in [5, 5.41) is 2.82. The summed E-state index contributed by atoms with van der Waals surface area (Å²) in [6.07, 6.45) is 3.04. The van der Waals surface area contributed by atoms with Crippen molar-refractivity contribution in [1.82, 2.24) is 10.2 Å². The molecule has 2 atom stereocenters. The van der Waals surface area contributed by atoms with Gasteiger partial charge in [-0.2, -0.15) is 0 Å². The third-order valence-electron chi connectivity index (χ3n) is 3.94. The molecule has 1 saturated heterocycles. The topological polar surface area (TPSA) is 41.6 Å². The highest BCUT2D eigenvalue weighted by molar-refractivity contribution is 5.78. The van der Waals surface area contributed by atoms with Gasteiger partial charge in [0.25, 0.3) is 0 Å². The second-order valence-corrected chi connectivity index (χ2v) is 6.13. The van der Waals surface area contributed by atoms with Crippen LogP contribution in [0.1, 0.15) is 46.5 Å². The first-order chi connectivity index (χ1) is 10.0. The first kappa shape index (κ1) is 18.4. The van der Waals surface area contributed by atoms with Gasteiger partial charge in [0, 0.05) is 32.2 Å². The van der Waals surface area contributed by atoms with Gasteiger partial charge in [0.05, 0.1) is 6.04 Å². The molecule has 21 heavy (non-hydrogen) atoms. The molecule has 5 heteroatoms. The number of halogens is 1. The Labute approximate surface area is 128 Å². The number of carbonyl (C=O) groups is 1. The van der Waals surface area contributed by atoms with E-state index in [1.165, 1.54) is 0 Å². The minimum atomic E-state index is -0.954. The van der Waals surface area contributed by atoms with E-state index in [2.05, 4.69) is 10.2 Å². The van der Waals surface area contributed by atoms with Crippen molar-refractivity contribution in [3.63, 3.8) is 0 Å². The maximum absolute atomic E-state index is 14.1. The average Bonchev–Trinajstić information content (AvgIpc) is 2.45. The smallest absolute Gasteiger partial charge is 0.222 e. The van der Waals surface area contributed by atoms with E-state index in [0.717, 1.165) is 45.6 Å². The summed E-state index contributed by atoms with van der Waals surface area (Å²) in [5.74, 6) is -0.132. The predicted molar refractivity (Wildman–Crippen MR) is 83.1 cm³/mol. The van der Waals surface area contributed by atoms with Gasteiger partial charge in [-0.25, -0.2) is 4.39 Å². The van der Waals surface area contributed by atoms with Gasteiger partial charge in [0.1, 0.15) is 6.17 Å². The number of rotatable bonds is 9. The summed E-state index contributed by atoms with van der Waals surface area (Å²) in [5.41, 5.74) is 0. The number of hydrogen-bond donors (Lipinski definition) is 1. The highest BCUT2D eigenvalue weighted by atomic mass is 19.1. The minimum absolute atomic E-state index is 0.0491. The van der Waals surface area contributed by atoms with Crippen LogP contribution in [0.15, 0.2) is 0 Å². The van der Waals surface area contributed by atoms with Gasteiger partial charge in [-0.1, -0.05) is 13.8 Å². The molecular formula is C16H31FN2O2. The fourth-order valence-corrected chi connectivity index (χ4v) is 2.54. The molecule has 1 aliphatic heterocycles. The van der Waals surface area contributed by atoms with Crippen molar-refractivity contribution < 1.29 is 13.9 Å². The van der Waals surface area contributed by atoms with Crippen molar-refractivity contribution in [2.45, 2.75) is 58.7 Å². The van der Waals surface area contributed by atoms with E-state index >= 15 is 0 Å². The maximum Gasteiger partial charge on any atom is 0.222 e. The minimum Gasteiger partial charge on any atom is -0.382 e. The SMILES string of the molecule is CCOCCCCCN1CCC(NC(=O)C(C)C)C(F)C1. The van der Waals surface area contributed by atoms with Crippen molar-refractivity contribution >= 4 is 5.91 Å². The van der Waals surface area contributed by atoms with E-state index in [9.17, 15) is 9.18 Å². The average molecular weight is 302 g/mol. The molecule has 0 aromatic carbocycles. The van der Waals surface area contributed by atoms with Gasteiger partial charge in [-0.15, -0.1) is 0 Å². The Kier molecular flexibility index (Phi) is 8.85. The number of amides is 1. The van der Waals surface area contributed by atoms with Gasteiger partial charge in [0.15, 0.2) is 0 Å². The number of likely N-dealkylation sites (tertiary alicyclic amines) is 1. The number of nitrogens with one attached hydrogen (secondary N) is 1. The van der Waals surface area contributed by atoms with Crippen molar-refractivity contribution in [1.29, 1.82) is 0 Å². The largest absolute Gasteiger partial charge is 0.382 e. The summed E-state index contributed by atoms with van der Waals surface area (Å²) in [6.45, 7) is 9.52. The molecule has 0 aromatic heterocycles. The standard InChI is InChI=1S/C16H31FN2O2/c1-4-21-11-7-5-6-9-19-10-8-15(14(17)12-19)18-16(20)13(2)3/h13-15H,4-12H2,1-3H3,(H,18,20). The summed E-state index contributed by atoms with van der Waals surface area (Å²) >= 11 is 0. The van der Waals surface area contributed by atoms with Gasteiger partial charge in [0.2, 0.25) is 5.91 Å². The zero-order valence-corrected chi connectivity index (χ0v) is 13.7. The first-order valence-corrected chi connectivity index (χ1v) is 8.29. The molecule has 1 fully saturated rings. The highest BCUT2D eigenvalue weighted by Crippen LogP contribution is 2.15. The van der Waals surface area contributed by atoms with E-state index in [1.54, 1.807) is 0 Å². The van der Waals surface area contributed by atoms with E-state index in [4.69, 9.17) is 4.74 Å². The van der Waals surface area contributed by atoms with Gasteiger partial charge < -0.3 is 15.0 Å². The van der Waals surface area contributed by atoms with Crippen LogP contribution < -0.4 is 5.32 Å². The molecule has 1 aliphatic rings. The Bertz CT molecular complexity index is 300. The number of nitrogens with zero attached hydrogens (tertiary/aromatic N) is 1. The summed E-state index contributed by atoms with van der Waals surface area (Å²) < 4.78 is 19.4. The van der Waals surface area contributed by atoms with Gasteiger partial charge in [-0.05, 0) is 39.2 Å². The molecular weight excluding hydrogens is 271 g/mol. The van der Waals surface area contributed by atoms with E-state index in [1.807, 2.05) is 20.8 Å². The third-order valence-corrected chi connectivity index (χ3v) is 3.94. The Balaban J connectivity index is 2.15. The lowest BCUT2D eigenvalue weighted by Gasteiger charge is -2.35. The Hall–Kier alpha value is -0.680. The molecule has 2 unspecified atom stereocenters. The Morgan fingerprint density at radius 2 is 2.14 bits per heavy atom. The monoisotopic (exact) mass is 302 g/mol. The van der Waals surface area contributed by atoms with Crippen molar-refractivity contribution in [2.24, 2.45) is 5.92 Å². The quantitative estimate of drug-likeness (QED) is 0.665. The molecule has 124 valence electrons. The zero-order valence-electron chi connectivity index (χ0n) is 13.7. The lowest BCUT2D eigenvalue weighted by molar-refractivity contribution is -0.125. The second kappa shape index (κ2) is 10.1. The maximum atomic E-state index is 14.1. The van der Waals surface area contributed by atoms with Crippen molar-refractivity contribution in [2.75, 3.05) is 32.8 Å². The van der Waals surface area contributed by atoms with Crippen LogP contribution in [-0.2, 0) is 9.53 Å². The van der Waals surface area contributed by atoms with E-state index in [0.29, 0.717) is 13.0 Å². The van der Waals surface area contributed by atoms with Crippen LogP contribution in [0.3, 0.4) is 0 Å². The molecule has 1 amide bonds. The molecule has 1 rings (SSSR count). The van der Waals surface area contributed by atoms with Crippen LogP contribution >= 0.6 is 0 Å². The summed E-state index contributed by atoms with van der Waals surface area (Å²) in [4.78, 5) is 13.8. The molecule has 1 heterocycles. The number of carbonyl (C=O) groups excluding carboxylic acids is 1. The number of ether oxygens (including phenoxy) is 1. The number of alkyl halides is 1. The second-order valence-electron chi connectivity index (χ2n) is 6.13. The van der Waals surface area contributed by atoms with Gasteiger partial charge >= 0.3 is 0 Å². The van der Waals surface area contributed by atoms with E-state index < -0.39 is 6.17 Å². The van der Waals surface area contributed by atoms with Crippen LogP contribution in [0, 0.1) is 5.92 Å². The highest BCUT2D eigenvalue weighted by Gasteiger charge is 2.30. The molecule has 1 N–H and O–H groups in total. The van der Waals surface area contributed by atoms with Crippen LogP contribution in [0.5, 0.6) is 0 Å². The molecule has 4 nitrogen and oxygen atoms in total. The Morgan fingerprint density at radius 3 is 2.76 bits per heavy atom. The van der Waals surface area contributed by atoms with Crippen LogP contribution in [-0.4, -0.2) is 55.9 Å². The van der Waals surface area contributed by atoms with Crippen molar-refractivity contribution in [3.8, 4) is 0 Å². The molecule has 0 bridgehead atoms. The lowest BCUT2D eigenvalue weighted by atomic mass is 10.0. The normalized spacial score (nSPS) is 23.5. The number of piperidine rings is 1. The lowest BCUT2D eigenvalue weighted by Crippen LogP contribution is -2.53. The van der Waals surface area contributed by atoms with Crippen molar-refractivity contribution in [3.05, 3.63) is 0 Å². The molecule has 0 radical (unpaired) electrons. The molecule has 0 spiro atoms. The fourth-order valence-electron chi connectivity index (χ4n) is 2.54. The third kappa shape index (κ3) is 7.23. The van der Waals surface area contributed by atoms with Crippen LogP contribution in [0.25, 0.3) is 0 Å². The number of hydrogen-bond acceptors (Lipinski definition) is 3. The summed E-state index contributed by atoms with van der Waals surface area (Å²) in [6, 6.07) is -0.311. The number of unbranched alkanes of at least 4 members (excludes halogenated alkanes) is 2. The van der Waals surface area contributed by atoms with E-state index in [-0.39, 0.29) is 17.9 Å². The molecule has 0 aliphatic carbocycles. The molecule has 0 aromatic rings. The van der Waals surface area contributed by atoms with Crippen LogP contribution in [0.2, 0.25) is 0 Å². The Morgan fingerprint density at radius 1 is 1.38 bits per heavy atom. The zero-order chi connectivity index (χ0) is 15.7.